The number of benzene rings is 2. The van der Waals surface area contributed by atoms with Crippen LogP contribution in [0.5, 0.6) is 0 Å². The van der Waals surface area contributed by atoms with Crippen molar-refractivity contribution in [2.75, 3.05) is 17.9 Å². The number of hydrogen-bond acceptors (Lipinski definition) is 3. The molecule has 0 spiro atoms. The second-order valence-corrected chi connectivity index (χ2v) is 6.66. The molecule has 0 saturated heterocycles. The third-order valence-corrected chi connectivity index (χ3v) is 4.64. The lowest BCUT2D eigenvalue weighted by molar-refractivity contribution is -0.119. The fraction of sp³-hybridized carbons (Fsp3) is 0.118. The van der Waals surface area contributed by atoms with Gasteiger partial charge in [0.05, 0.1) is 11.1 Å². The zero-order chi connectivity index (χ0) is 17.6. The fourth-order valence-corrected chi connectivity index (χ4v) is 3.15. The van der Waals surface area contributed by atoms with Crippen molar-refractivity contribution in [2.24, 2.45) is 0 Å². The van der Waals surface area contributed by atoms with Crippen LogP contribution in [0.25, 0.3) is 6.08 Å². The van der Waals surface area contributed by atoms with E-state index in [0.29, 0.717) is 5.56 Å². The molecule has 0 heterocycles. The van der Waals surface area contributed by atoms with Crippen LogP contribution in [-0.2, 0) is 14.8 Å². The zero-order valence-corrected chi connectivity index (χ0v) is 13.8. The van der Waals surface area contributed by atoms with Crippen molar-refractivity contribution in [3.63, 3.8) is 0 Å². The van der Waals surface area contributed by atoms with E-state index >= 15 is 0 Å². The zero-order valence-electron chi connectivity index (χ0n) is 13.0. The van der Waals surface area contributed by atoms with Crippen LogP contribution in [0.2, 0.25) is 0 Å². The van der Waals surface area contributed by atoms with Crippen molar-refractivity contribution in [3.05, 3.63) is 71.4 Å². The Bertz CT molecular complexity index is 836. The van der Waals surface area contributed by atoms with Crippen LogP contribution in [0, 0.1) is 5.82 Å². The number of rotatable bonds is 6. The molecule has 2 rings (SSSR count). The Morgan fingerprint density at radius 3 is 2.50 bits per heavy atom. The average molecular weight is 348 g/mol. The second kappa shape index (κ2) is 7.74. The lowest BCUT2D eigenvalue weighted by Gasteiger charge is -2.21. The Hall–Kier alpha value is -2.67. The predicted octanol–water partition coefficient (Wildman–Crippen LogP) is 2.38. The first-order chi connectivity index (χ1) is 11.4. The van der Waals surface area contributed by atoms with Crippen LogP contribution < -0.4 is 9.62 Å². The first kappa shape index (κ1) is 17.7. The largest absolute Gasteiger partial charge is 0.358 e. The quantitative estimate of drug-likeness (QED) is 0.872. The standard InChI is InChI=1S/C17H17FN2O3S/c1-19-17(21)13-20(16-9-5-8-15(18)12-16)24(22,23)11-10-14-6-3-2-4-7-14/h2-12H,13H2,1H3,(H,19,21)/b11-10-. The summed E-state index contributed by atoms with van der Waals surface area (Å²) in [5, 5.41) is 3.36. The maximum atomic E-state index is 13.4. The van der Waals surface area contributed by atoms with Gasteiger partial charge in [-0.05, 0) is 29.8 Å². The summed E-state index contributed by atoms with van der Waals surface area (Å²) in [5.41, 5.74) is 0.775. The molecule has 2 aromatic carbocycles. The van der Waals surface area contributed by atoms with E-state index in [9.17, 15) is 17.6 Å². The number of likely N-dealkylation sites (N-methyl/N-ethyl adjacent to an activating group) is 1. The van der Waals surface area contributed by atoms with Gasteiger partial charge in [-0.1, -0.05) is 36.4 Å². The maximum absolute atomic E-state index is 13.4. The average Bonchev–Trinajstić information content (AvgIpc) is 2.58. The molecule has 0 saturated carbocycles. The summed E-state index contributed by atoms with van der Waals surface area (Å²) in [7, 11) is -2.57. The van der Waals surface area contributed by atoms with Crippen molar-refractivity contribution in [1.82, 2.24) is 5.32 Å². The Kier molecular flexibility index (Phi) is 5.70. The number of amides is 1. The lowest BCUT2D eigenvalue weighted by atomic mass is 10.2. The number of halogens is 1. The van der Waals surface area contributed by atoms with Crippen LogP contribution in [0.3, 0.4) is 0 Å². The van der Waals surface area contributed by atoms with E-state index in [2.05, 4.69) is 5.32 Å². The van der Waals surface area contributed by atoms with E-state index in [-0.39, 0.29) is 5.69 Å². The molecule has 7 heteroatoms. The molecular formula is C17H17FN2O3S. The molecular weight excluding hydrogens is 331 g/mol. The highest BCUT2D eigenvalue weighted by Gasteiger charge is 2.22. The number of nitrogens with zero attached hydrogens (tertiary/aromatic N) is 1. The molecule has 0 aliphatic heterocycles. The highest BCUT2D eigenvalue weighted by molar-refractivity contribution is 7.95. The molecule has 2 aromatic rings. The molecule has 5 nitrogen and oxygen atoms in total. The molecule has 0 bridgehead atoms. The Balaban J connectivity index is 2.37. The molecule has 24 heavy (non-hydrogen) atoms. The van der Waals surface area contributed by atoms with E-state index in [1.165, 1.54) is 31.3 Å². The minimum atomic E-state index is -3.97. The van der Waals surface area contributed by atoms with Gasteiger partial charge >= 0.3 is 0 Å². The van der Waals surface area contributed by atoms with Crippen molar-refractivity contribution in [2.45, 2.75) is 0 Å². The van der Waals surface area contributed by atoms with Gasteiger partial charge in [0.1, 0.15) is 12.4 Å². The van der Waals surface area contributed by atoms with Crippen LogP contribution in [-0.4, -0.2) is 27.9 Å². The Morgan fingerprint density at radius 1 is 1.17 bits per heavy atom. The summed E-state index contributed by atoms with van der Waals surface area (Å²) >= 11 is 0. The number of carbonyl (C=O) groups excluding carboxylic acids is 1. The Morgan fingerprint density at radius 2 is 1.88 bits per heavy atom. The van der Waals surface area contributed by atoms with Gasteiger partial charge in [-0.25, -0.2) is 12.8 Å². The SMILES string of the molecule is CNC(=O)CN(c1cccc(F)c1)S(=O)(=O)/C=C\c1ccccc1. The monoisotopic (exact) mass is 348 g/mol. The summed E-state index contributed by atoms with van der Waals surface area (Å²) in [4.78, 5) is 11.7. The van der Waals surface area contributed by atoms with Crippen molar-refractivity contribution < 1.29 is 17.6 Å². The van der Waals surface area contributed by atoms with E-state index in [0.717, 1.165) is 15.8 Å². The summed E-state index contributed by atoms with van der Waals surface area (Å²) in [6, 6.07) is 14.0. The summed E-state index contributed by atoms with van der Waals surface area (Å²) < 4.78 is 39.5. The van der Waals surface area contributed by atoms with Gasteiger partial charge < -0.3 is 5.32 Å². The number of nitrogens with one attached hydrogen (secondary N) is 1. The summed E-state index contributed by atoms with van der Waals surface area (Å²) in [5.74, 6) is -1.09. The Labute approximate surface area is 140 Å². The number of hydrogen-bond donors (Lipinski definition) is 1. The number of anilines is 1. The van der Waals surface area contributed by atoms with E-state index in [4.69, 9.17) is 0 Å². The first-order valence-corrected chi connectivity index (χ1v) is 8.65. The summed E-state index contributed by atoms with van der Waals surface area (Å²) in [6.45, 7) is -0.443. The molecule has 0 aliphatic carbocycles. The fourth-order valence-electron chi connectivity index (χ4n) is 1.97. The number of sulfonamides is 1. The van der Waals surface area contributed by atoms with Crippen molar-refractivity contribution in [3.8, 4) is 0 Å². The molecule has 126 valence electrons. The van der Waals surface area contributed by atoms with Crippen LogP contribution in [0.1, 0.15) is 5.56 Å². The third kappa shape index (κ3) is 4.66. The van der Waals surface area contributed by atoms with E-state index < -0.39 is 28.3 Å². The molecule has 1 amide bonds. The van der Waals surface area contributed by atoms with Gasteiger partial charge in [0.2, 0.25) is 5.91 Å². The van der Waals surface area contributed by atoms with Crippen molar-refractivity contribution in [1.29, 1.82) is 0 Å². The molecule has 0 atom stereocenters. The van der Waals surface area contributed by atoms with Crippen LogP contribution in [0.15, 0.2) is 60.0 Å². The molecule has 0 unspecified atom stereocenters. The highest BCUT2D eigenvalue weighted by Crippen LogP contribution is 2.20. The first-order valence-electron chi connectivity index (χ1n) is 7.14. The minimum Gasteiger partial charge on any atom is -0.358 e. The van der Waals surface area contributed by atoms with E-state index in [1.807, 2.05) is 6.07 Å². The molecule has 0 aliphatic rings. The smallest absolute Gasteiger partial charge is 0.257 e. The lowest BCUT2D eigenvalue weighted by Crippen LogP contribution is -2.38. The second-order valence-electron chi connectivity index (χ2n) is 4.92. The van der Waals surface area contributed by atoms with Gasteiger partial charge in [0.15, 0.2) is 0 Å². The predicted molar refractivity (Wildman–Crippen MR) is 92.2 cm³/mol. The molecule has 0 fully saturated rings. The maximum Gasteiger partial charge on any atom is 0.257 e. The van der Waals surface area contributed by atoms with Crippen molar-refractivity contribution >= 4 is 27.7 Å². The minimum absolute atomic E-state index is 0.0799. The summed E-state index contributed by atoms with van der Waals surface area (Å²) in [6.07, 6.45) is 1.42. The molecule has 0 radical (unpaired) electrons. The highest BCUT2D eigenvalue weighted by atomic mass is 32.2. The van der Waals surface area contributed by atoms with Gasteiger partial charge in [-0.3, -0.25) is 9.10 Å². The van der Waals surface area contributed by atoms with Gasteiger partial charge in [-0.15, -0.1) is 0 Å². The van der Waals surface area contributed by atoms with Gasteiger partial charge in [0.25, 0.3) is 10.0 Å². The normalized spacial score (nSPS) is 11.4. The third-order valence-electron chi connectivity index (χ3n) is 3.20. The topological polar surface area (TPSA) is 66.5 Å². The molecule has 1 N–H and O–H groups in total. The van der Waals surface area contributed by atoms with Gasteiger partial charge in [-0.2, -0.15) is 0 Å². The number of carbonyl (C=O) groups is 1. The molecule has 0 aromatic heterocycles. The van der Waals surface area contributed by atoms with Gasteiger partial charge in [0, 0.05) is 7.05 Å². The van der Waals surface area contributed by atoms with Crippen LogP contribution in [0.4, 0.5) is 10.1 Å². The van der Waals surface area contributed by atoms with E-state index in [1.54, 1.807) is 24.3 Å². The van der Waals surface area contributed by atoms with Crippen LogP contribution >= 0.6 is 0 Å².